The van der Waals surface area contributed by atoms with Crippen molar-refractivity contribution in [2.45, 2.75) is 12.8 Å². The van der Waals surface area contributed by atoms with Crippen molar-refractivity contribution in [2.75, 3.05) is 41.6 Å². The highest BCUT2D eigenvalue weighted by molar-refractivity contribution is 7.92. The molecule has 7 nitrogen and oxygen atoms in total. The Morgan fingerprint density at radius 3 is 2.38 bits per heavy atom. The van der Waals surface area contributed by atoms with Crippen LogP contribution in [0.3, 0.4) is 0 Å². The van der Waals surface area contributed by atoms with Gasteiger partial charge in [0.15, 0.2) is 0 Å². The van der Waals surface area contributed by atoms with E-state index in [0.717, 1.165) is 36.5 Å². The third-order valence-electron chi connectivity index (χ3n) is 5.70. The van der Waals surface area contributed by atoms with E-state index in [9.17, 15) is 13.2 Å². The van der Waals surface area contributed by atoms with Crippen LogP contribution in [-0.2, 0) is 21.2 Å². The summed E-state index contributed by atoms with van der Waals surface area (Å²) in [6.07, 6.45) is 2.92. The molecular formula is C26H29N3O4S. The van der Waals surface area contributed by atoms with Crippen molar-refractivity contribution in [3.63, 3.8) is 0 Å². The van der Waals surface area contributed by atoms with E-state index in [2.05, 4.69) is 28.4 Å². The topological polar surface area (TPSA) is 79.0 Å². The van der Waals surface area contributed by atoms with Crippen molar-refractivity contribution < 1.29 is 17.9 Å². The van der Waals surface area contributed by atoms with Gasteiger partial charge >= 0.3 is 0 Å². The van der Waals surface area contributed by atoms with Crippen LogP contribution in [0.2, 0.25) is 0 Å². The first-order chi connectivity index (χ1) is 16.4. The van der Waals surface area contributed by atoms with E-state index in [1.807, 2.05) is 36.4 Å². The largest absolute Gasteiger partial charge is 0.457 e. The molecule has 0 aliphatic carbocycles. The molecular weight excluding hydrogens is 450 g/mol. The lowest BCUT2D eigenvalue weighted by molar-refractivity contribution is -0.119. The summed E-state index contributed by atoms with van der Waals surface area (Å²) >= 11 is 0. The van der Waals surface area contributed by atoms with Gasteiger partial charge in [-0.05, 0) is 60.9 Å². The highest BCUT2D eigenvalue weighted by atomic mass is 32.2. The van der Waals surface area contributed by atoms with E-state index in [1.165, 1.54) is 11.3 Å². The molecule has 1 heterocycles. The molecule has 0 atom stereocenters. The van der Waals surface area contributed by atoms with Gasteiger partial charge in [-0.2, -0.15) is 0 Å². The van der Waals surface area contributed by atoms with Crippen LogP contribution in [0.1, 0.15) is 12.0 Å². The number of carbonyl (C=O) groups is 1. The summed E-state index contributed by atoms with van der Waals surface area (Å²) in [5.74, 6) is 0.931. The molecule has 0 fully saturated rings. The molecule has 1 amide bonds. The number of para-hydroxylation sites is 2. The Balaban J connectivity index is 1.29. The third-order valence-corrected chi connectivity index (χ3v) is 6.84. The first kappa shape index (κ1) is 23.6. The van der Waals surface area contributed by atoms with Crippen LogP contribution in [0.25, 0.3) is 0 Å². The zero-order chi connectivity index (χ0) is 24.0. The molecule has 0 bridgehead atoms. The summed E-state index contributed by atoms with van der Waals surface area (Å²) in [6.45, 7) is 2.04. The van der Waals surface area contributed by atoms with Crippen molar-refractivity contribution in [1.82, 2.24) is 5.32 Å². The summed E-state index contributed by atoms with van der Waals surface area (Å²) in [6, 6.07) is 24.3. The summed E-state index contributed by atoms with van der Waals surface area (Å²) in [5.41, 5.74) is 3.03. The maximum absolute atomic E-state index is 12.5. The first-order valence-electron chi connectivity index (χ1n) is 11.3. The SMILES string of the molecule is CS(=O)(=O)N(CC(=O)NCCCN1CCc2ccccc21)c1ccc(Oc2ccccc2)cc1. The number of carbonyl (C=O) groups excluding carboxylic acids is 1. The summed E-state index contributed by atoms with van der Waals surface area (Å²) < 4.78 is 31.6. The van der Waals surface area contributed by atoms with Gasteiger partial charge in [0, 0.05) is 25.3 Å². The van der Waals surface area contributed by atoms with Gasteiger partial charge in [-0.1, -0.05) is 36.4 Å². The molecule has 34 heavy (non-hydrogen) atoms. The number of sulfonamides is 1. The Bertz CT molecular complexity index is 1210. The number of anilines is 2. The number of fused-ring (bicyclic) bond motifs is 1. The molecule has 0 spiro atoms. The van der Waals surface area contributed by atoms with Crippen LogP contribution in [0, 0.1) is 0 Å². The average molecular weight is 480 g/mol. The van der Waals surface area contributed by atoms with Gasteiger partial charge in [0.1, 0.15) is 18.0 Å². The summed E-state index contributed by atoms with van der Waals surface area (Å²) in [4.78, 5) is 14.8. The number of hydrogen-bond donors (Lipinski definition) is 1. The molecule has 3 aromatic carbocycles. The van der Waals surface area contributed by atoms with Gasteiger partial charge in [-0.3, -0.25) is 9.10 Å². The smallest absolute Gasteiger partial charge is 0.240 e. The fourth-order valence-electron chi connectivity index (χ4n) is 4.03. The predicted molar refractivity (Wildman–Crippen MR) is 135 cm³/mol. The second kappa shape index (κ2) is 10.6. The van der Waals surface area contributed by atoms with Gasteiger partial charge in [0.25, 0.3) is 0 Å². The van der Waals surface area contributed by atoms with Crippen LogP contribution in [0.15, 0.2) is 78.9 Å². The van der Waals surface area contributed by atoms with Gasteiger partial charge in [0.2, 0.25) is 15.9 Å². The molecule has 1 aliphatic rings. The molecule has 4 rings (SSSR count). The molecule has 0 saturated carbocycles. The van der Waals surface area contributed by atoms with Crippen LogP contribution in [0.5, 0.6) is 11.5 Å². The van der Waals surface area contributed by atoms with Crippen LogP contribution in [0.4, 0.5) is 11.4 Å². The average Bonchev–Trinajstić information content (AvgIpc) is 3.24. The normalized spacial score (nSPS) is 12.8. The van der Waals surface area contributed by atoms with E-state index in [0.29, 0.717) is 23.7 Å². The molecule has 0 unspecified atom stereocenters. The number of benzene rings is 3. The minimum atomic E-state index is -3.64. The predicted octanol–water partition coefficient (Wildman–Crippen LogP) is 3.81. The van der Waals surface area contributed by atoms with E-state index in [1.54, 1.807) is 24.3 Å². The van der Waals surface area contributed by atoms with E-state index in [4.69, 9.17) is 4.74 Å². The van der Waals surface area contributed by atoms with E-state index in [-0.39, 0.29) is 12.5 Å². The highest BCUT2D eigenvalue weighted by Gasteiger charge is 2.21. The Morgan fingerprint density at radius 2 is 1.65 bits per heavy atom. The van der Waals surface area contributed by atoms with Crippen LogP contribution in [-0.4, -0.2) is 46.8 Å². The lowest BCUT2D eigenvalue weighted by Gasteiger charge is -2.22. The van der Waals surface area contributed by atoms with Crippen molar-refractivity contribution in [3.05, 3.63) is 84.4 Å². The van der Waals surface area contributed by atoms with Crippen LogP contribution >= 0.6 is 0 Å². The highest BCUT2D eigenvalue weighted by Crippen LogP contribution is 2.27. The standard InChI is InChI=1S/C26H29N3O4S/c1-34(31,32)29(22-12-14-24(15-13-22)33-23-9-3-2-4-10-23)20-26(30)27-17-7-18-28-19-16-21-8-5-6-11-25(21)28/h2-6,8-15H,7,16-20H2,1H3,(H,27,30). The number of rotatable bonds is 10. The number of hydrogen-bond acceptors (Lipinski definition) is 5. The van der Waals surface area contributed by atoms with Crippen molar-refractivity contribution >= 4 is 27.3 Å². The Hall–Kier alpha value is -3.52. The van der Waals surface area contributed by atoms with Crippen molar-refractivity contribution in [2.24, 2.45) is 0 Å². The minimum absolute atomic E-state index is 0.274. The summed E-state index contributed by atoms with van der Waals surface area (Å²) in [7, 11) is -3.64. The minimum Gasteiger partial charge on any atom is -0.457 e. The zero-order valence-electron chi connectivity index (χ0n) is 19.2. The Kier molecular flexibility index (Phi) is 7.37. The molecule has 3 aromatic rings. The first-order valence-corrected chi connectivity index (χ1v) is 13.2. The second-order valence-electron chi connectivity index (χ2n) is 8.25. The maximum Gasteiger partial charge on any atom is 0.240 e. The molecule has 178 valence electrons. The number of ether oxygens (including phenoxy) is 1. The van der Waals surface area contributed by atoms with Crippen molar-refractivity contribution in [1.29, 1.82) is 0 Å². The van der Waals surface area contributed by atoms with E-state index >= 15 is 0 Å². The maximum atomic E-state index is 12.5. The van der Waals surface area contributed by atoms with Gasteiger partial charge in [-0.15, -0.1) is 0 Å². The number of nitrogens with zero attached hydrogens (tertiary/aromatic N) is 2. The van der Waals surface area contributed by atoms with Crippen LogP contribution < -0.4 is 19.3 Å². The van der Waals surface area contributed by atoms with Crippen molar-refractivity contribution in [3.8, 4) is 11.5 Å². The fraction of sp³-hybridized carbons (Fsp3) is 0.269. The molecule has 1 N–H and O–H groups in total. The number of amides is 1. The lowest BCUT2D eigenvalue weighted by atomic mass is 10.2. The van der Waals surface area contributed by atoms with Gasteiger partial charge in [0.05, 0.1) is 11.9 Å². The molecule has 8 heteroatoms. The fourth-order valence-corrected chi connectivity index (χ4v) is 4.88. The molecule has 0 aromatic heterocycles. The quantitative estimate of drug-likeness (QED) is 0.448. The monoisotopic (exact) mass is 479 g/mol. The van der Waals surface area contributed by atoms with Gasteiger partial charge < -0.3 is 15.0 Å². The molecule has 0 saturated heterocycles. The zero-order valence-corrected chi connectivity index (χ0v) is 20.0. The molecule has 1 aliphatic heterocycles. The molecule has 0 radical (unpaired) electrons. The number of nitrogens with one attached hydrogen (secondary N) is 1. The lowest BCUT2D eigenvalue weighted by Crippen LogP contribution is -2.41. The van der Waals surface area contributed by atoms with Gasteiger partial charge in [-0.25, -0.2) is 8.42 Å². The Labute approximate surface area is 201 Å². The third kappa shape index (κ3) is 6.08. The Morgan fingerprint density at radius 1 is 0.971 bits per heavy atom. The second-order valence-corrected chi connectivity index (χ2v) is 10.2. The van der Waals surface area contributed by atoms with E-state index < -0.39 is 10.0 Å². The summed E-state index contributed by atoms with van der Waals surface area (Å²) in [5, 5.41) is 2.85.